The number of carbonyl (C=O) groups is 2. The van der Waals surface area contributed by atoms with Gasteiger partial charge in [-0.25, -0.2) is 19.7 Å². The first-order valence-electron chi connectivity index (χ1n) is 8.89. The van der Waals surface area contributed by atoms with E-state index in [1.54, 1.807) is 48.8 Å². The number of allylic oxidation sites excluding steroid dienone is 4. The van der Waals surface area contributed by atoms with Gasteiger partial charge in [0, 0.05) is 12.4 Å². The highest BCUT2D eigenvalue weighted by atomic mass is 16.7. The lowest BCUT2D eigenvalue weighted by Gasteiger charge is -2.21. The zero-order valence-corrected chi connectivity index (χ0v) is 15.0. The van der Waals surface area contributed by atoms with Crippen LogP contribution in [0.3, 0.4) is 0 Å². The minimum Gasteiger partial charge on any atom is -0.336 e. The standard InChI is InChI=1S/C22H18N2O4/c25-21(27-23-13-5-1-6-14-23)19-11-12-20(18-10-4-3-9-17(18)19)22(26)28-24-15-7-2-8-16-24/h1-13,15H,14,16H2. The molecule has 2 aliphatic heterocycles. The Morgan fingerprint density at radius 2 is 1.14 bits per heavy atom. The molecule has 6 nitrogen and oxygen atoms in total. The molecule has 0 spiro atoms. The van der Waals surface area contributed by atoms with E-state index in [2.05, 4.69) is 0 Å². The molecule has 0 unspecified atom stereocenters. The van der Waals surface area contributed by atoms with Gasteiger partial charge in [0.15, 0.2) is 0 Å². The van der Waals surface area contributed by atoms with Gasteiger partial charge in [0.2, 0.25) is 0 Å². The molecule has 4 rings (SSSR count). The number of hydrogen-bond acceptors (Lipinski definition) is 6. The third-order valence-electron chi connectivity index (χ3n) is 4.33. The van der Waals surface area contributed by atoms with Gasteiger partial charge in [0.05, 0.1) is 24.2 Å². The molecule has 0 amide bonds. The maximum atomic E-state index is 12.7. The second kappa shape index (κ2) is 7.84. The summed E-state index contributed by atoms with van der Waals surface area (Å²) in [4.78, 5) is 36.2. The number of nitrogens with zero attached hydrogens (tertiary/aromatic N) is 2. The average Bonchev–Trinajstić information content (AvgIpc) is 2.74. The molecule has 0 aliphatic carbocycles. The predicted octanol–water partition coefficient (Wildman–Crippen LogP) is 3.75. The van der Waals surface area contributed by atoms with Crippen LogP contribution in [0, 0.1) is 0 Å². The highest BCUT2D eigenvalue weighted by Crippen LogP contribution is 2.25. The van der Waals surface area contributed by atoms with Crippen LogP contribution < -0.4 is 0 Å². The SMILES string of the molecule is O=C(ON1C=CC=CC1)c1ccc(C(=O)ON2C=CC=CC2)c2ccccc12. The molecule has 0 radical (unpaired) electrons. The van der Waals surface area contributed by atoms with Gasteiger partial charge in [-0.1, -0.05) is 48.6 Å². The van der Waals surface area contributed by atoms with Crippen molar-refractivity contribution in [2.24, 2.45) is 0 Å². The van der Waals surface area contributed by atoms with Gasteiger partial charge in [-0.15, -0.1) is 0 Å². The Kier molecular flexibility index (Phi) is 4.93. The summed E-state index contributed by atoms with van der Waals surface area (Å²) >= 11 is 0. The van der Waals surface area contributed by atoms with Gasteiger partial charge in [0.1, 0.15) is 0 Å². The molecule has 0 N–H and O–H groups in total. The van der Waals surface area contributed by atoms with Crippen molar-refractivity contribution in [2.75, 3.05) is 13.1 Å². The topological polar surface area (TPSA) is 59.1 Å². The zero-order valence-electron chi connectivity index (χ0n) is 15.0. The Hall–Kier alpha value is -3.80. The molecular formula is C22H18N2O4. The third kappa shape index (κ3) is 3.66. The summed E-state index contributed by atoms with van der Waals surface area (Å²) in [7, 11) is 0. The lowest BCUT2D eigenvalue weighted by molar-refractivity contribution is -0.0671. The van der Waals surface area contributed by atoms with E-state index in [-0.39, 0.29) is 0 Å². The molecule has 0 aromatic heterocycles. The van der Waals surface area contributed by atoms with Gasteiger partial charge >= 0.3 is 11.9 Å². The van der Waals surface area contributed by atoms with Crippen LogP contribution in [-0.4, -0.2) is 35.2 Å². The Bertz CT molecular complexity index is 954. The summed E-state index contributed by atoms with van der Waals surface area (Å²) in [6.45, 7) is 0.977. The van der Waals surface area contributed by atoms with E-state index in [4.69, 9.17) is 9.68 Å². The average molecular weight is 374 g/mol. The molecule has 2 heterocycles. The lowest BCUT2D eigenvalue weighted by Crippen LogP contribution is -2.25. The number of rotatable bonds is 4. The molecule has 0 bridgehead atoms. The van der Waals surface area contributed by atoms with Crippen molar-refractivity contribution < 1.29 is 19.3 Å². The number of fused-ring (bicyclic) bond motifs is 1. The van der Waals surface area contributed by atoms with Crippen molar-refractivity contribution in [3.63, 3.8) is 0 Å². The van der Waals surface area contributed by atoms with Crippen molar-refractivity contribution in [1.82, 2.24) is 10.1 Å². The molecule has 2 aromatic carbocycles. The first-order valence-corrected chi connectivity index (χ1v) is 8.89. The normalized spacial score (nSPS) is 15.1. The molecule has 6 heteroatoms. The summed E-state index contributed by atoms with van der Waals surface area (Å²) < 4.78 is 0. The van der Waals surface area contributed by atoms with Crippen LogP contribution in [0.2, 0.25) is 0 Å². The van der Waals surface area contributed by atoms with Crippen LogP contribution in [0.25, 0.3) is 10.8 Å². The fraction of sp³-hybridized carbons (Fsp3) is 0.0909. The van der Waals surface area contributed by atoms with Crippen molar-refractivity contribution in [1.29, 1.82) is 0 Å². The molecule has 2 aliphatic rings. The van der Waals surface area contributed by atoms with E-state index in [0.717, 1.165) is 0 Å². The second-order valence-electron chi connectivity index (χ2n) is 6.20. The van der Waals surface area contributed by atoms with Gasteiger partial charge in [-0.3, -0.25) is 0 Å². The third-order valence-corrected chi connectivity index (χ3v) is 4.33. The molecule has 0 saturated carbocycles. The van der Waals surface area contributed by atoms with Crippen LogP contribution in [0.15, 0.2) is 85.3 Å². The minimum atomic E-state index is -0.486. The van der Waals surface area contributed by atoms with Gasteiger partial charge in [0.25, 0.3) is 0 Å². The van der Waals surface area contributed by atoms with Gasteiger partial charge in [-0.05, 0) is 35.1 Å². The van der Waals surface area contributed by atoms with Crippen LogP contribution in [0.5, 0.6) is 0 Å². The Balaban J connectivity index is 1.61. The van der Waals surface area contributed by atoms with E-state index >= 15 is 0 Å². The van der Waals surface area contributed by atoms with Crippen molar-refractivity contribution >= 4 is 22.7 Å². The summed E-state index contributed by atoms with van der Waals surface area (Å²) in [6.07, 6.45) is 14.5. The van der Waals surface area contributed by atoms with E-state index in [9.17, 15) is 9.59 Å². The molecule has 2 aromatic rings. The number of carbonyl (C=O) groups excluding carboxylic acids is 2. The molecule has 0 atom stereocenters. The van der Waals surface area contributed by atoms with E-state index in [0.29, 0.717) is 35.0 Å². The van der Waals surface area contributed by atoms with Crippen molar-refractivity contribution in [2.45, 2.75) is 0 Å². The zero-order chi connectivity index (χ0) is 19.3. The highest BCUT2D eigenvalue weighted by molar-refractivity contribution is 6.11. The summed E-state index contributed by atoms with van der Waals surface area (Å²) in [5.74, 6) is -0.972. The summed E-state index contributed by atoms with van der Waals surface area (Å²) in [5, 5.41) is 4.17. The summed E-state index contributed by atoms with van der Waals surface area (Å²) in [5.41, 5.74) is 0.770. The summed E-state index contributed by atoms with van der Waals surface area (Å²) in [6, 6.07) is 10.4. The highest BCUT2D eigenvalue weighted by Gasteiger charge is 2.20. The molecule has 140 valence electrons. The maximum absolute atomic E-state index is 12.7. The first-order chi connectivity index (χ1) is 13.7. The maximum Gasteiger partial charge on any atom is 0.363 e. The molecule has 0 saturated heterocycles. The smallest absolute Gasteiger partial charge is 0.336 e. The van der Waals surface area contributed by atoms with Crippen LogP contribution in [0.4, 0.5) is 0 Å². The van der Waals surface area contributed by atoms with Crippen molar-refractivity contribution in [3.05, 3.63) is 96.4 Å². The Morgan fingerprint density at radius 1 is 0.679 bits per heavy atom. The first kappa shape index (κ1) is 17.6. The lowest BCUT2D eigenvalue weighted by atomic mass is 9.99. The minimum absolute atomic E-state index is 0.385. The fourth-order valence-corrected chi connectivity index (χ4v) is 3.00. The van der Waals surface area contributed by atoms with Crippen LogP contribution in [-0.2, 0) is 9.68 Å². The van der Waals surface area contributed by atoms with Crippen molar-refractivity contribution in [3.8, 4) is 0 Å². The van der Waals surface area contributed by atoms with Gasteiger partial charge in [-0.2, -0.15) is 0 Å². The fourth-order valence-electron chi connectivity index (χ4n) is 3.00. The Labute approximate surface area is 162 Å². The van der Waals surface area contributed by atoms with Gasteiger partial charge < -0.3 is 9.68 Å². The van der Waals surface area contributed by atoms with E-state index < -0.39 is 11.9 Å². The molecule has 28 heavy (non-hydrogen) atoms. The quantitative estimate of drug-likeness (QED) is 0.812. The predicted molar refractivity (Wildman–Crippen MR) is 105 cm³/mol. The van der Waals surface area contributed by atoms with E-state index in [1.807, 2.05) is 36.4 Å². The Morgan fingerprint density at radius 3 is 1.54 bits per heavy atom. The number of hydrogen-bond donors (Lipinski definition) is 0. The van der Waals surface area contributed by atoms with E-state index in [1.165, 1.54) is 10.1 Å². The molecule has 0 fully saturated rings. The number of hydroxylamine groups is 4. The largest absolute Gasteiger partial charge is 0.363 e. The van der Waals surface area contributed by atoms with Crippen LogP contribution >= 0.6 is 0 Å². The molecular weight excluding hydrogens is 356 g/mol. The monoisotopic (exact) mass is 374 g/mol. The second-order valence-corrected chi connectivity index (χ2v) is 6.20. The number of benzene rings is 2. The van der Waals surface area contributed by atoms with Crippen LogP contribution in [0.1, 0.15) is 20.7 Å².